The molecular formula is C25H26N2O4. The van der Waals surface area contributed by atoms with Crippen LogP contribution in [-0.4, -0.2) is 27.4 Å². The fourth-order valence-electron chi connectivity index (χ4n) is 4.64. The fraction of sp³-hybridized carbons (Fsp3) is 0.360. The molecule has 0 radical (unpaired) electrons. The first kappa shape index (κ1) is 20.0. The van der Waals surface area contributed by atoms with Crippen molar-refractivity contribution in [3.05, 3.63) is 71.9 Å². The molecule has 0 bridgehead atoms. The van der Waals surface area contributed by atoms with Crippen molar-refractivity contribution < 1.29 is 19.5 Å². The Balaban J connectivity index is 1.28. The minimum atomic E-state index is -0.927. The number of carboxylic acid groups (broad SMARTS) is 1. The largest absolute Gasteiger partial charge is 0.487 e. The number of ether oxygens (including phenoxy) is 1. The molecule has 0 spiro atoms. The molecule has 6 nitrogen and oxygen atoms in total. The van der Waals surface area contributed by atoms with Gasteiger partial charge < -0.3 is 9.84 Å². The molecule has 1 saturated heterocycles. The summed E-state index contributed by atoms with van der Waals surface area (Å²) in [6.45, 7) is 0.395. The zero-order valence-electron chi connectivity index (χ0n) is 17.3. The minimum Gasteiger partial charge on any atom is -0.487 e. The second kappa shape index (κ2) is 8.65. The highest BCUT2D eigenvalue weighted by Crippen LogP contribution is 2.44. The maximum Gasteiger partial charge on any atom is 0.352 e. The number of aromatic nitrogens is 1. The number of fused-ring (bicyclic) bond motifs is 1. The number of rotatable bonds is 7. The van der Waals surface area contributed by atoms with E-state index in [4.69, 9.17) is 9.57 Å². The summed E-state index contributed by atoms with van der Waals surface area (Å²) < 4.78 is 5.96. The van der Waals surface area contributed by atoms with Gasteiger partial charge >= 0.3 is 5.97 Å². The first-order valence-corrected chi connectivity index (χ1v) is 10.9. The zero-order valence-corrected chi connectivity index (χ0v) is 17.3. The fourth-order valence-corrected chi connectivity index (χ4v) is 4.64. The Kier molecular flexibility index (Phi) is 5.57. The van der Waals surface area contributed by atoms with Crippen LogP contribution in [0.5, 0.6) is 5.75 Å². The van der Waals surface area contributed by atoms with Gasteiger partial charge in [0.1, 0.15) is 12.4 Å². The van der Waals surface area contributed by atoms with Crippen molar-refractivity contribution in [1.29, 1.82) is 0 Å². The summed E-state index contributed by atoms with van der Waals surface area (Å²) in [7, 11) is 0. The van der Waals surface area contributed by atoms with Crippen LogP contribution in [0.15, 0.2) is 60.7 Å². The van der Waals surface area contributed by atoms with E-state index in [0.29, 0.717) is 12.5 Å². The molecule has 2 aromatic carbocycles. The first-order chi connectivity index (χ1) is 15.2. The predicted octanol–water partition coefficient (Wildman–Crippen LogP) is 5.09. The summed E-state index contributed by atoms with van der Waals surface area (Å²) >= 11 is 0. The molecule has 3 aromatic rings. The molecule has 1 N–H and O–H groups in total. The normalized spacial score (nSPS) is 22.2. The third kappa shape index (κ3) is 4.40. The molecule has 1 saturated carbocycles. The number of carboxylic acids is 1. The number of hydroxylamine groups is 2. The van der Waals surface area contributed by atoms with Crippen LogP contribution < -0.4 is 4.74 Å². The van der Waals surface area contributed by atoms with E-state index in [1.807, 2.05) is 54.6 Å². The topological polar surface area (TPSA) is 75.0 Å². The Hall–Kier alpha value is -2.96. The molecule has 0 amide bonds. The molecule has 3 atom stereocenters. The average molecular weight is 418 g/mol. The number of carbonyl (C=O) groups is 1. The molecular weight excluding hydrogens is 392 g/mol. The van der Waals surface area contributed by atoms with E-state index in [9.17, 15) is 9.90 Å². The SMILES string of the molecule is O=C(O)C1ON1C(c1ccc(OCc2ccc3ccccc3n2)cc1)C1CCCCC1. The molecule has 2 fully saturated rings. The lowest BCUT2D eigenvalue weighted by atomic mass is 9.81. The van der Waals surface area contributed by atoms with E-state index in [2.05, 4.69) is 11.1 Å². The second-order valence-electron chi connectivity index (χ2n) is 8.35. The van der Waals surface area contributed by atoms with Crippen LogP contribution in [0.25, 0.3) is 10.9 Å². The molecule has 1 aliphatic heterocycles. The van der Waals surface area contributed by atoms with Crippen LogP contribution in [0.1, 0.15) is 49.4 Å². The standard InChI is InChI=1S/C25H26N2O4/c28-25(29)24-27(31-24)23(18-7-2-1-3-8-18)19-11-14-21(15-12-19)30-16-20-13-10-17-6-4-5-9-22(17)26-20/h4-6,9-15,18,23-24H,1-3,7-8,16H2,(H,28,29). The number of pyridine rings is 1. The Labute approximate surface area is 181 Å². The van der Waals surface area contributed by atoms with Crippen LogP contribution in [0.4, 0.5) is 0 Å². The third-order valence-electron chi connectivity index (χ3n) is 6.25. The highest BCUT2D eigenvalue weighted by molar-refractivity contribution is 5.78. The summed E-state index contributed by atoms with van der Waals surface area (Å²) in [5.41, 5.74) is 2.91. The maximum absolute atomic E-state index is 11.4. The zero-order chi connectivity index (χ0) is 21.2. The van der Waals surface area contributed by atoms with Crippen LogP contribution >= 0.6 is 0 Å². The van der Waals surface area contributed by atoms with E-state index < -0.39 is 12.2 Å². The van der Waals surface area contributed by atoms with Crippen molar-refractivity contribution in [1.82, 2.24) is 10.0 Å². The number of aliphatic carboxylic acids is 1. The van der Waals surface area contributed by atoms with Crippen LogP contribution in [0.3, 0.4) is 0 Å². The van der Waals surface area contributed by atoms with Gasteiger partial charge in [-0.05, 0) is 48.6 Å². The highest BCUT2D eigenvalue weighted by atomic mass is 16.8. The molecule has 1 aliphatic carbocycles. The summed E-state index contributed by atoms with van der Waals surface area (Å²) in [6, 6.07) is 20.0. The highest BCUT2D eigenvalue weighted by Gasteiger charge is 2.50. The average Bonchev–Trinajstić information content (AvgIpc) is 3.60. The van der Waals surface area contributed by atoms with Gasteiger partial charge in [-0.15, -0.1) is 5.06 Å². The van der Waals surface area contributed by atoms with Crippen molar-refractivity contribution in [2.24, 2.45) is 5.92 Å². The first-order valence-electron chi connectivity index (χ1n) is 10.9. The minimum absolute atomic E-state index is 0.0300. The number of nitrogens with zero attached hydrogens (tertiary/aromatic N) is 2. The van der Waals surface area contributed by atoms with Gasteiger partial charge in [-0.3, -0.25) is 4.84 Å². The van der Waals surface area contributed by atoms with Crippen molar-refractivity contribution in [3.8, 4) is 5.75 Å². The lowest BCUT2D eigenvalue weighted by Gasteiger charge is -2.30. The van der Waals surface area contributed by atoms with Gasteiger partial charge in [0.15, 0.2) is 0 Å². The van der Waals surface area contributed by atoms with Gasteiger partial charge in [-0.25, -0.2) is 9.78 Å². The van der Waals surface area contributed by atoms with Crippen LogP contribution in [0, 0.1) is 5.92 Å². The molecule has 31 heavy (non-hydrogen) atoms. The van der Waals surface area contributed by atoms with Gasteiger partial charge in [-0.1, -0.05) is 55.7 Å². The van der Waals surface area contributed by atoms with E-state index in [1.54, 1.807) is 5.06 Å². The van der Waals surface area contributed by atoms with Gasteiger partial charge in [0.05, 0.1) is 17.3 Å². The molecule has 3 unspecified atom stereocenters. The maximum atomic E-state index is 11.4. The smallest absolute Gasteiger partial charge is 0.352 e. The summed E-state index contributed by atoms with van der Waals surface area (Å²) in [5, 5.41) is 12.1. The van der Waals surface area contributed by atoms with E-state index in [0.717, 1.165) is 40.8 Å². The number of hydrogen-bond donors (Lipinski definition) is 1. The lowest BCUT2D eigenvalue weighted by Crippen LogP contribution is -2.25. The molecule has 2 heterocycles. The number of benzene rings is 2. The van der Waals surface area contributed by atoms with Crippen LogP contribution in [-0.2, 0) is 16.2 Å². The predicted molar refractivity (Wildman–Crippen MR) is 116 cm³/mol. The van der Waals surface area contributed by atoms with Gasteiger partial charge in [0.2, 0.25) is 0 Å². The third-order valence-corrected chi connectivity index (χ3v) is 6.25. The van der Waals surface area contributed by atoms with Crippen molar-refractivity contribution in [2.45, 2.75) is 51.0 Å². The molecule has 1 aromatic heterocycles. The number of hydrogen-bond acceptors (Lipinski definition) is 5. The van der Waals surface area contributed by atoms with Gasteiger partial charge in [-0.2, -0.15) is 0 Å². The summed E-state index contributed by atoms with van der Waals surface area (Å²) in [6.07, 6.45) is 4.99. The van der Waals surface area contributed by atoms with Gasteiger partial charge in [0.25, 0.3) is 6.23 Å². The molecule has 160 valence electrons. The van der Waals surface area contributed by atoms with Crippen LogP contribution in [0.2, 0.25) is 0 Å². The van der Waals surface area contributed by atoms with E-state index in [-0.39, 0.29) is 6.04 Å². The van der Waals surface area contributed by atoms with Crippen molar-refractivity contribution in [3.63, 3.8) is 0 Å². The van der Waals surface area contributed by atoms with Gasteiger partial charge in [0, 0.05) is 5.39 Å². The second-order valence-corrected chi connectivity index (χ2v) is 8.35. The molecule has 5 rings (SSSR count). The Bertz CT molecular complexity index is 1060. The Morgan fingerprint density at radius 3 is 2.58 bits per heavy atom. The Morgan fingerprint density at radius 2 is 1.84 bits per heavy atom. The van der Waals surface area contributed by atoms with E-state index in [1.165, 1.54) is 19.3 Å². The monoisotopic (exact) mass is 418 g/mol. The van der Waals surface area contributed by atoms with Crippen molar-refractivity contribution >= 4 is 16.9 Å². The molecule has 2 aliphatic rings. The summed E-state index contributed by atoms with van der Waals surface area (Å²) in [5.74, 6) is 0.248. The Morgan fingerprint density at radius 1 is 1.06 bits per heavy atom. The summed E-state index contributed by atoms with van der Waals surface area (Å²) in [4.78, 5) is 21.4. The lowest BCUT2D eigenvalue weighted by molar-refractivity contribution is -0.138. The quantitative estimate of drug-likeness (QED) is 0.539. The molecule has 6 heteroatoms. The van der Waals surface area contributed by atoms with E-state index >= 15 is 0 Å². The number of para-hydroxylation sites is 1. The van der Waals surface area contributed by atoms with Crippen molar-refractivity contribution in [2.75, 3.05) is 0 Å².